The summed E-state index contributed by atoms with van der Waals surface area (Å²) < 4.78 is 5.26. The van der Waals surface area contributed by atoms with Crippen LogP contribution in [-0.2, 0) is 17.9 Å². The first kappa shape index (κ1) is 14.5. The van der Waals surface area contributed by atoms with Gasteiger partial charge in [0.25, 0.3) is 0 Å². The zero-order valence-electron chi connectivity index (χ0n) is 12.4. The Morgan fingerprint density at radius 3 is 2.42 bits per heavy atom. The van der Waals surface area contributed by atoms with Crippen molar-refractivity contribution >= 4 is 0 Å². The first-order chi connectivity index (χ1) is 9.22. The second kappa shape index (κ2) is 7.04. The smallest absolute Gasteiger partial charge is 0.0716 e. The fourth-order valence-corrected chi connectivity index (χ4v) is 2.94. The van der Waals surface area contributed by atoms with Crippen molar-refractivity contribution < 1.29 is 4.74 Å². The third-order valence-electron chi connectivity index (χ3n) is 4.06. The predicted molar refractivity (Wildman–Crippen MR) is 78.6 cm³/mol. The maximum absolute atomic E-state index is 5.26. The van der Waals surface area contributed by atoms with E-state index in [2.05, 4.69) is 48.5 Å². The molecule has 0 aromatic heterocycles. The molecule has 1 aliphatic heterocycles. The van der Waals surface area contributed by atoms with E-state index in [1.54, 1.807) is 7.11 Å². The molecule has 2 atom stereocenters. The Hall–Kier alpha value is -0.900. The fraction of sp³-hybridized carbons (Fsp3) is 0.625. The topological polar surface area (TPSA) is 24.5 Å². The van der Waals surface area contributed by atoms with E-state index in [9.17, 15) is 0 Å². The summed E-state index contributed by atoms with van der Waals surface area (Å²) in [5, 5.41) is 2.42. The number of rotatable bonds is 5. The van der Waals surface area contributed by atoms with Crippen LogP contribution in [0, 0.1) is 0 Å². The van der Waals surface area contributed by atoms with Gasteiger partial charge in [0.2, 0.25) is 0 Å². The lowest BCUT2D eigenvalue weighted by Crippen LogP contribution is -2.51. The molecule has 2 rings (SSSR count). The van der Waals surface area contributed by atoms with Crippen molar-refractivity contribution in [3.63, 3.8) is 0 Å². The summed E-state index contributed by atoms with van der Waals surface area (Å²) in [5.74, 6) is 0. The number of benzene rings is 1. The van der Waals surface area contributed by atoms with Crippen molar-refractivity contribution in [1.82, 2.24) is 10.4 Å². The van der Waals surface area contributed by atoms with E-state index in [1.807, 2.05) is 0 Å². The van der Waals surface area contributed by atoms with Crippen LogP contribution in [0.15, 0.2) is 24.3 Å². The molecule has 1 aromatic carbocycles. The van der Waals surface area contributed by atoms with Crippen molar-refractivity contribution in [1.29, 1.82) is 0 Å². The van der Waals surface area contributed by atoms with Crippen LogP contribution in [-0.4, -0.2) is 24.2 Å². The molecule has 0 bridgehead atoms. The van der Waals surface area contributed by atoms with Gasteiger partial charge in [-0.25, -0.2) is 5.01 Å². The van der Waals surface area contributed by atoms with E-state index in [-0.39, 0.29) is 0 Å². The lowest BCUT2D eigenvalue weighted by atomic mass is 10.00. The zero-order chi connectivity index (χ0) is 13.7. The second-order valence-corrected chi connectivity index (χ2v) is 5.57. The molecule has 1 aromatic rings. The van der Waals surface area contributed by atoms with Gasteiger partial charge in [-0.3, -0.25) is 5.43 Å². The molecule has 106 valence electrons. The van der Waals surface area contributed by atoms with Crippen molar-refractivity contribution in [2.45, 2.75) is 58.3 Å². The van der Waals surface area contributed by atoms with Gasteiger partial charge in [-0.2, -0.15) is 0 Å². The molecule has 1 heterocycles. The number of nitrogens with one attached hydrogen (secondary N) is 1. The Morgan fingerprint density at radius 2 is 1.79 bits per heavy atom. The third-order valence-corrected chi connectivity index (χ3v) is 4.06. The van der Waals surface area contributed by atoms with Crippen LogP contribution in [0.25, 0.3) is 0 Å². The molecule has 1 aliphatic rings. The molecule has 19 heavy (non-hydrogen) atoms. The summed E-state index contributed by atoms with van der Waals surface area (Å²) >= 11 is 0. The molecule has 1 saturated heterocycles. The van der Waals surface area contributed by atoms with Crippen LogP contribution in [0.2, 0.25) is 0 Å². The van der Waals surface area contributed by atoms with Crippen molar-refractivity contribution in [3.8, 4) is 0 Å². The average Bonchev–Trinajstić information content (AvgIpc) is 2.40. The normalized spacial score (nSPS) is 24.6. The van der Waals surface area contributed by atoms with Gasteiger partial charge in [0.05, 0.1) is 6.61 Å². The molecule has 0 aliphatic carbocycles. The van der Waals surface area contributed by atoms with Crippen LogP contribution in [0.5, 0.6) is 0 Å². The predicted octanol–water partition coefficient (Wildman–Crippen LogP) is 3.10. The van der Waals surface area contributed by atoms with Crippen LogP contribution in [0.3, 0.4) is 0 Å². The molecule has 1 N–H and O–H groups in total. The minimum atomic E-state index is 0.623. The van der Waals surface area contributed by atoms with Crippen LogP contribution in [0.1, 0.15) is 44.2 Å². The summed E-state index contributed by atoms with van der Waals surface area (Å²) in [4.78, 5) is 0. The third kappa shape index (κ3) is 3.78. The minimum Gasteiger partial charge on any atom is -0.380 e. The number of piperidine rings is 1. The Labute approximate surface area is 116 Å². The van der Waals surface area contributed by atoms with Gasteiger partial charge in [-0.05, 0) is 37.8 Å². The zero-order valence-corrected chi connectivity index (χ0v) is 12.4. The fourth-order valence-electron chi connectivity index (χ4n) is 2.94. The SMILES string of the molecule is COCc1ccccc1CNN1C(C)CCCC1C. The highest BCUT2D eigenvalue weighted by Gasteiger charge is 2.24. The van der Waals surface area contributed by atoms with Gasteiger partial charge in [0, 0.05) is 25.7 Å². The van der Waals surface area contributed by atoms with E-state index in [0.717, 1.165) is 6.54 Å². The number of ether oxygens (including phenoxy) is 1. The Kier molecular flexibility index (Phi) is 5.37. The maximum atomic E-state index is 5.26. The van der Waals surface area contributed by atoms with Crippen LogP contribution in [0.4, 0.5) is 0 Å². The summed E-state index contributed by atoms with van der Waals surface area (Å²) in [5.41, 5.74) is 6.22. The van der Waals surface area contributed by atoms with Crippen molar-refractivity contribution in [2.24, 2.45) is 0 Å². The van der Waals surface area contributed by atoms with E-state index in [1.165, 1.54) is 30.4 Å². The summed E-state index contributed by atoms with van der Waals surface area (Å²) in [6, 6.07) is 9.74. The van der Waals surface area contributed by atoms with Crippen LogP contribution >= 0.6 is 0 Å². The number of methoxy groups -OCH3 is 1. The minimum absolute atomic E-state index is 0.623. The highest BCUT2D eigenvalue weighted by atomic mass is 16.5. The largest absolute Gasteiger partial charge is 0.380 e. The molecular weight excluding hydrogens is 236 g/mol. The van der Waals surface area contributed by atoms with Gasteiger partial charge in [0.15, 0.2) is 0 Å². The molecule has 0 saturated carbocycles. The maximum Gasteiger partial charge on any atom is 0.0716 e. The lowest BCUT2D eigenvalue weighted by Gasteiger charge is -2.39. The number of hydrazine groups is 1. The quantitative estimate of drug-likeness (QED) is 0.882. The summed E-state index contributed by atoms with van der Waals surface area (Å²) in [7, 11) is 1.75. The van der Waals surface area contributed by atoms with Gasteiger partial charge < -0.3 is 4.74 Å². The Morgan fingerprint density at radius 1 is 1.16 bits per heavy atom. The molecule has 0 spiro atoms. The lowest BCUT2D eigenvalue weighted by molar-refractivity contribution is 0.0432. The van der Waals surface area contributed by atoms with Gasteiger partial charge in [-0.1, -0.05) is 30.7 Å². The van der Waals surface area contributed by atoms with Crippen molar-refractivity contribution in [2.75, 3.05) is 7.11 Å². The van der Waals surface area contributed by atoms with Gasteiger partial charge >= 0.3 is 0 Å². The standard InChI is InChI=1S/C16H26N2O/c1-13-7-6-8-14(2)18(13)17-11-15-9-4-5-10-16(15)12-19-3/h4-5,9-10,13-14,17H,6-8,11-12H2,1-3H3. The molecule has 1 fully saturated rings. The van der Waals surface area contributed by atoms with Crippen LogP contribution < -0.4 is 5.43 Å². The van der Waals surface area contributed by atoms with E-state index >= 15 is 0 Å². The molecule has 0 amide bonds. The van der Waals surface area contributed by atoms with E-state index < -0.39 is 0 Å². The van der Waals surface area contributed by atoms with E-state index in [0.29, 0.717) is 18.7 Å². The Bertz CT molecular complexity index is 384. The summed E-state index contributed by atoms with van der Waals surface area (Å²) in [6.07, 6.45) is 3.93. The molecule has 3 heteroatoms. The number of nitrogens with zero attached hydrogens (tertiary/aromatic N) is 1. The van der Waals surface area contributed by atoms with Gasteiger partial charge in [0.1, 0.15) is 0 Å². The molecule has 2 unspecified atom stereocenters. The average molecular weight is 262 g/mol. The highest BCUT2D eigenvalue weighted by Crippen LogP contribution is 2.21. The molecule has 0 radical (unpaired) electrons. The first-order valence-electron chi connectivity index (χ1n) is 7.30. The molecular formula is C16H26N2O. The number of hydrogen-bond donors (Lipinski definition) is 1. The van der Waals surface area contributed by atoms with E-state index in [4.69, 9.17) is 4.74 Å². The Balaban J connectivity index is 1.97. The highest BCUT2D eigenvalue weighted by molar-refractivity contribution is 5.26. The number of hydrogen-bond acceptors (Lipinski definition) is 3. The summed E-state index contributed by atoms with van der Waals surface area (Å²) in [6.45, 7) is 6.19. The molecule has 3 nitrogen and oxygen atoms in total. The first-order valence-corrected chi connectivity index (χ1v) is 7.30. The second-order valence-electron chi connectivity index (χ2n) is 5.57. The van der Waals surface area contributed by atoms with Gasteiger partial charge in [-0.15, -0.1) is 0 Å². The monoisotopic (exact) mass is 262 g/mol. The van der Waals surface area contributed by atoms with Crippen molar-refractivity contribution in [3.05, 3.63) is 35.4 Å².